The van der Waals surface area contributed by atoms with Gasteiger partial charge in [-0.15, -0.1) is 11.3 Å². The highest BCUT2D eigenvalue weighted by atomic mass is 32.1. The van der Waals surface area contributed by atoms with Gasteiger partial charge in [-0.1, -0.05) is 0 Å². The van der Waals surface area contributed by atoms with Crippen LogP contribution in [0.15, 0.2) is 82.9 Å². The van der Waals surface area contributed by atoms with E-state index in [1.54, 1.807) is 72.2 Å². The van der Waals surface area contributed by atoms with Gasteiger partial charge in [-0.25, -0.2) is 4.98 Å². The van der Waals surface area contributed by atoms with Crippen molar-refractivity contribution in [3.63, 3.8) is 0 Å². The first kappa shape index (κ1) is 20.0. The number of nitrogens with zero attached hydrogens (tertiary/aromatic N) is 1. The second kappa shape index (κ2) is 9.06. The van der Waals surface area contributed by atoms with Crippen LogP contribution in [0.5, 0.6) is 0 Å². The number of thiazole rings is 1. The lowest BCUT2D eigenvalue weighted by atomic mass is 10.1. The van der Waals surface area contributed by atoms with E-state index < -0.39 is 0 Å². The van der Waals surface area contributed by atoms with Gasteiger partial charge in [0.1, 0.15) is 0 Å². The van der Waals surface area contributed by atoms with Gasteiger partial charge in [0.15, 0.2) is 10.9 Å². The summed E-state index contributed by atoms with van der Waals surface area (Å²) in [6.45, 7) is 0. The Balaban J connectivity index is 1.34. The fourth-order valence-corrected chi connectivity index (χ4v) is 3.19. The minimum atomic E-state index is -0.374. The third kappa shape index (κ3) is 5.03. The maximum absolute atomic E-state index is 12.5. The van der Waals surface area contributed by atoms with Crippen LogP contribution in [0.1, 0.15) is 31.3 Å². The lowest BCUT2D eigenvalue weighted by Gasteiger charge is -2.08. The van der Waals surface area contributed by atoms with Crippen molar-refractivity contribution in [2.24, 2.45) is 0 Å². The summed E-state index contributed by atoms with van der Waals surface area (Å²) >= 11 is 1.33. The van der Waals surface area contributed by atoms with Gasteiger partial charge in [0, 0.05) is 34.1 Å². The number of anilines is 3. The van der Waals surface area contributed by atoms with Crippen LogP contribution in [0.2, 0.25) is 0 Å². The zero-order chi connectivity index (χ0) is 21.6. The van der Waals surface area contributed by atoms with Gasteiger partial charge >= 0.3 is 0 Å². The Hall–Kier alpha value is -4.24. The minimum absolute atomic E-state index is 0.200. The van der Waals surface area contributed by atoms with E-state index in [0.29, 0.717) is 27.6 Å². The van der Waals surface area contributed by atoms with Gasteiger partial charge in [-0.2, -0.15) is 0 Å². The third-order valence-corrected chi connectivity index (χ3v) is 4.90. The van der Waals surface area contributed by atoms with Crippen molar-refractivity contribution in [3.05, 3.63) is 95.4 Å². The Bertz CT molecular complexity index is 1190. The number of nitrogens with one attached hydrogen (secondary N) is 3. The summed E-state index contributed by atoms with van der Waals surface area (Å²) in [6, 6.07) is 16.2. The van der Waals surface area contributed by atoms with E-state index in [1.807, 2.05) is 0 Å². The fourth-order valence-electron chi connectivity index (χ4n) is 2.67. The predicted octanol–water partition coefficient (Wildman–Crippen LogP) is 4.49. The number of furan rings is 1. The zero-order valence-corrected chi connectivity index (χ0v) is 16.8. The molecule has 0 spiro atoms. The van der Waals surface area contributed by atoms with Gasteiger partial charge in [-0.3, -0.25) is 19.7 Å². The molecule has 0 radical (unpaired) electrons. The zero-order valence-electron chi connectivity index (χ0n) is 16.0. The highest BCUT2D eigenvalue weighted by molar-refractivity contribution is 7.13. The molecule has 8 nitrogen and oxygen atoms in total. The van der Waals surface area contributed by atoms with Crippen LogP contribution in [-0.2, 0) is 0 Å². The molecule has 3 N–H and O–H groups in total. The molecule has 0 saturated carbocycles. The number of hydrogen-bond donors (Lipinski definition) is 3. The van der Waals surface area contributed by atoms with Gasteiger partial charge in [0.05, 0.1) is 6.26 Å². The maximum atomic E-state index is 12.5. The van der Waals surface area contributed by atoms with Crippen LogP contribution in [0, 0.1) is 0 Å². The Morgan fingerprint density at radius 1 is 0.742 bits per heavy atom. The van der Waals surface area contributed by atoms with Crippen LogP contribution in [-0.4, -0.2) is 22.7 Å². The minimum Gasteiger partial charge on any atom is -0.459 e. The van der Waals surface area contributed by atoms with Crippen LogP contribution >= 0.6 is 11.3 Å². The lowest BCUT2D eigenvalue weighted by Crippen LogP contribution is -2.14. The molecule has 0 saturated heterocycles. The second-order valence-corrected chi connectivity index (χ2v) is 7.23. The van der Waals surface area contributed by atoms with E-state index in [0.717, 1.165) is 0 Å². The van der Waals surface area contributed by atoms with Crippen LogP contribution in [0.25, 0.3) is 0 Å². The summed E-state index contributed by atoms with van der Waals surface area (Å²) in [6.07, 6.45) is 3.03. The van der Waals surface area contributed by atoms with E-state index in [-0.39, 0.29) is 23.5 Å². The predicted molar refractivity (Wildman–Crippen MR) is 118 cm³/mol. The summed E-state index contributed by atoms with van der Waals surface area (Å²) in [5.41, 5.74) is 1.95. The number of hydrogen-bond acceptors (Lipinski definition) is 6. The Kier molecular flexibility index (Phi) is 5.86. The first-order valence-electron chi connectivity index (χ1n) is 9.16. The highest BCUT2D eigenvalue weighted by Crippen LogP contribution is 2.16. The van der Waals surface area contributed by atoms with E-state index in [4.69, 9.17) is 4.42 Å². The molecule has 2 heterocycles. The number of benzene rings is 2. The summed E-state index contributed by atoms with van der Waals surface area (Å²) in [5, 5.41) is 10.4. The van der Waals surface area contributed by atoms with Gasteiger partial charge in [0.25, 0.3) is 17.7 Å². The van der Waals surface area contributed by atoms with Crippen LogP contribution in [0.3, 0.4) is 0 Å². The fraction of sp³-hybridized carbons (Fsp3) is 0. The average molecular weight is 432 g/mol. The molecule has 4 aromatic rings. The molecule has 0 atom stereocenters. The maximum Gasteiger partial charge on any atom is 0.291 e. The van der Waals surface area contributed by atoms with E-state index in [9.17, 15) is 14.4 Å². The Labute approximate surface area is 180 Å². The number of carbonyl (C=O) groups is 3. The molecule has 0 aliphatic heterocycles. The molecule has 4 rings (SSSR count). The first-order valence-corrected chi connectivity index (χ1v) is 10.0. The largest absolute Gasteiger partial charge is 0.459 e. The van der Waals surface area contributed by atoms with Gasteiger partial charge in [0.2, 0.25) is 0 Å². The molecule has 2 aromatic carbocycles. The van der Waals surface area contributed by atoms with Crippen molar-refractivity contribution in [3.8, 4) is 0 Å². The number of aromatic nitrogens is 1. The number of rotatable bonds is 6. The van der Waals surface area contributed by atoms with Crippen molar-refractivity contribution in [1.82, 2.24) is 4.98 Å². The molecule has 31 heavy (non-hydrogen) atoms. The summed E-state index contributed by atoms with van der Waals surface area (Å²) in [7, 11) is 0. The smallest absolute Gasteiger partial charge is 0.291 e. The lowest BCUT2D eigenvalue weighted by molar-refractivity contribution is 0.0994. The monoisotopic (exact) mass is 432 g/mol. The van der Waals surface area contributed by atoms with Crippen LogP contribution in [0.4, 0.5) is 16.5 Å². The van der Waals surface area contributed by atoms with Crippen molar-refractivity contribution < 1.29 is 18.8 Å². The molecular formula is C22H16N4O4S. The summed E-state index contributed by atoms with van der Waals surface area (Å²) in [5.74, 6) is -0.768. The molecule has 154 valence electrons. The van der Waals surface area contributed by atoms with Crippen molar-refractivity contribution in [1.29, 1.82) is 0 Å². The second-order valence-electron chi connectivity index (χ2n) is 6.33. The molecule has 2 aromatic heterocycles. The van der Waals surface area contributed by atoms with Crippen LogP contribution < -0.4 is 16.0 Å². The molecule has 9 heteroatoms. The van der Waals surface area contributed by atoms with Crippen molar-refractivity contribution in [2.45, 2.75) is 0 Å². The average Bonchev–Trinajstić information content (AvgIpc) is 3.49. The third-order valence-electron chi connectivity index (χ3n) is 4.21. The number of amides is 3. The first-order chi connectivity index (χ1) is 15.1. The van der Waals surface area contributed by atoms with E-state index in [2.05, 4.69) is 20.9 Å². The van der Waals surface area contributed by atoms with Gasteiger partial charge in [-0.05, 0) is 60.7 Å². The molecule has 3 amide bonds. The molecule has 0 unspecified atom stereocenters. The summed E-state index contributed by atoms with van der Waals surface area (Å²) < 4.78 is 5.04. The standard InChI is InChI=1S/C22H16N4O4S/c27-19(14-3-9-17(10-4-14)25-21(29)18-2-1-12-30-18)24-16-7-5-15(6-8-16)20(28)26-22-23-11-13-31-22/h1-13H,(H,24,27)(H,25,29)(H,23,26,28). The highest BCUT2D eigenvalue weighted by Gasteiger charge is 2.11. The molecule has 0 aliphatic carbocycles. The van der Waals surface area contributed by atoms with E-state index >= 15 is 0 Å². The normalized spacial score (nSPS) is 10.3. The molecule has 0 aliphatic rings. The van der Waals surface area contributed by atoms with Crippen molar-refractivity contribution >= 4 is 45.6 Å². The molecule has 0 fully saturated rings. The summed E-state index contributed by atoms with van der Waals surface area (Å²) in [4.78, 5) is 40.6. The number of carbonyl (C=O) groups excluding carboxylic acids is 3. The molecule has 0 bridgehead atoms. The van der Waals surface area contributed by atoms with Crippen molar-refractivity contribution in [2.75, 3.05) is 16.0 Å². The van der Waals surface area contributed by atoms with Gasteiger partial charge < -0.3 is 15.1 Å². The SMILES string of the molecule is O=C(Nc1ccc(C(=O)Nc2nccs2)cc1)c1ccc(NC(=O)c2ccco2)cc1. The Morgan fingerprint density at radius 2 is 1.32 bits per heavy atom. The Morgan fingerprint density at radius 3 is 1.84 bits per heavy atom. The van der Waals surface area contributed by atoms with E-state index in [1.165, 1.54) is 17.6 Å². The molecular weight excluding hydrogens is 416 g/mol. The quantitative estimate of drug-likeness (QED) is 0.415. The topological polar surface area (TPSA) is 113 Å².